The number of aliphatic hydroxyl groups excluding tert-OH is 3. The fraction of sp³-hybridized carbons (Fsp3) is 0.667. The van der Waals surface area contributed by atoms with Gasteiger partial charge in [0.1, 0.15) is 30.5 Å². The SMILES string of the molecule is CC/C=C\C/C=C\C/C=C\C/C=C\C/C=C\CCCC(=O)OC(COCCCCCCCCCCCCCCC/C=C\C/C=C\C/C=C\C/C=C\CC)COC1OC(CO)C(O)C(OS(=O)(=O)O)C1O. The Labute approximate surface area is 424 Å². The second kappa shape index (κ2) is 46.8. The van der Waals surface area contributed by atoms with Gasteiger partial charge in [0.15, 0.2) is 6.29 Å². The predicted molar refractivity (Wildman–Crippen MR) is 284 cm³/mol. The molecule has 0 saturated carbocycles. The lowest BCUT2D eigenvalue weighted by atomic mass is 9.99. The number of rotatable bonds is 45. The van der Waals surface area contributed by atoms with Crippen molar-refractivity contribution >= 4 is 16.4 Å². The van der Waals surface area contributed by atoms with Crippen LogP contribution in [0.25, 0.3) is 0 Å². The van der Waals surface area contributed by atoms with Crippen molar-refractivity contribution in [2.45, 2.75) is 218 Å². The first-order valence-corrected chi connectivity index (χ1v) is 28.0. The van der Waals surface area contributed by atoms with Crippen LogP contribution < -0.4 is 0 Å². The van der Waals surface area contributed by atoms with Crippen molar-refractivity contribution in [1.29, 1.82) is 0 Å². The summed E-state index contributed by atoms with van der Waals surface area (Å²) in [7, 11) is -5.08. The van der Waals surface area contributed by atoms with E-state index >= 15 is 0 Å². The van der Waals surface area contributed by atoms with E-state index in [1.165, 1.54) is 70.6 Å². The second-order valence-electron chi connectivity index (χ2n) is 17.7. The molecular weight excluding hydrogens is 909 g/mol. The first-order valence-electron chi connectivity index (χ1n) is 26.6. The maximum absolute atomic E-state index is 12.9. The minimum atomic E-state index is -5.08. The van der Waals surface area contributed by atoms with Gasteiger partial charge in [-0.15, -0.1) is 0 Å². The fourth-order valence-electron chi connectivity index (χ4n) is 7.46. The highest BCUT2D eigenvalue weighted by atomic mass is 32.3. The van der Waals surface area contributed by atoms with Crippen LogP contribution in [0, 0.1) is 0 Å². The molecule has 6 atom stereocenters. The molecule has 0 aromatic heterocycles. The molecule has 400 valence electrons. The summed E-state index contributed by atoms with van der Waals surface area (Å²) >= 11 is 0. The van der Waals surface area contributed by atoms with Gasteiger partial charge in [-0.2, -0.15) is 8.42 Å². The van der Waals surface area contributed by atoms with Crippen LogP contribution in [0.2, 0.25) is 0 Å². The largest absolute Gasteiger partial charge is 0.457 e. The molecule has 70 heavy (non-hydrogen) atoms. The molecule has 1 saturated heterocycles. The van der Waals surface area contributed by atoms with Crippen LogP contribution in [0.15, 0.2) is 109 Å². The summed E-state index contributed by atoms with van der Waals surface area (Å²) in [4.78, 5) is 12.9. The molecule has 1 aliphatic rings. The lowest BCUT2D eigenvalue weighted by Crippen LogP contribution is -2.60. The molecule has 0 radical (unpaired) electrons. The summed E-state index contributed by atoms with van der Waals surface area (Å²) in [5, 5.41) is 30.8. The highest BCUT2D eigenvalue weighted by Crippen LogP contribution is 2.26. The average molecular weight is 1000 g/mol. The van der Waals surface area contributed by atoms with Crippen LogP contribution in [-0.2, 0) is 38.3 Å². The molecule has 1 fully saturated rings. The van der Waals surface area contributed by atoms with Gasteiger partial charge in [0.05, 0.1) is 19.8 Å². The highest BCUT2D eigenvalue weighted by Gasteiger charge is 2.48. The molecule has 0 spiro atoms. The van der Waals surface area contributed by atoms with Gasteiger partial charge in [-0.25, -0.2) is 4.18 Å². The lowest BCUT2D eigenvalue weighted by molar-refractivity contribution is -0.301. The third kappa shape index (κ3) is 39.4. The standard InChI is InChI=1S/C57H94O12S/c1-3-5-7-9-11-13-15-17-19-21-22-23-24-25-26-27-28-29-31-33-35-37-39-41-43-45-47-65-49-51(50-66-57-55(61)56(69-70(62,63)64)54(60)52(48-58)68-57)67-53(59)46-44-42-40-38-36-34-32-30-20-18-16-14-12-10-8-6-4-2/h5-8,11-14,17-20,22-23,32,34,38,40,51-52,54-58,60-61H,3-4,9-10,15-16,21,24-31,33,35-37,39,41-50H2,1-2H3,(H,62,63,64)/b7-5-,8-6-,13-11-,14-12-,19-17-,20-18-,23-22-,34-32-,40-38-. The molecule has 0 amide bonds. The Hall–Kier alpha value is -3.24. The van der Waals surface area contributed by atoms with Gasteiger partial charge in [0.2, 0.25) is 0 Å². The Balaban J connectivity index is 2.35. The minimum Gasteiger partial charge on any atom is -0.457 e. The molecule has 4 N–H and O–H groups in total. The topological polar surface area (TPSA) is 178 Å². The summed E-state index contributed by atoms with van der Waals surface area (Å²) in [6.07, 6.45) is 57.0. The number of ether oxygens (including phenoxy) is 4. The zero-order valence-electron chi connectivity index (χ0n) is 43.0. The zero-order chi connectivity index (χ0) is 51.0. The molecule has 1 rings (SSSR count). The molecule has 1 heterocycles. The van der Waals surface area contributed by atoms with Crippen LogP contribution in [0.1, 0.15) is 181 Å². The Morgan fingerprint density at radius 1 is 0.543 bits per heavy atom. The first kappa shape index (κ1) is 64.8. The van der Waals surface area contributed by atoms with Crippen molar-refractivity contribution in [2.24, 2.45) is 0 Å². The smallest absolute Gasteiger partial charge is 0.397 e. The monoisotopic (exact) mass is 1000 g/mol. The molecule has 0 aromatic carbocycles. The maximum Gasteiger partial charge on any atom is 0.397 e. The molecule has 0 aliphatic carbocycles. The van der Waals surface area contributed by atoms with E-state index in [1.807, 2.05) is 6.08 Å². The van der Waals surface area contributed by atoms with Crippen LogP contribution in [0.3, 0.4) is 0 Å². The van der Waals surface area contributed by atoms with Crippen molar-refractivity contribution in [3.63, 3.8) is 0 Å². The van der Waals surface area contributed by atoms with E-state index in [0.717, 1.165) is 77.0 Å². The fourth-order valence-corrected chi connectivity index (χ4v) is 7.97. The summed E-state index contributed by atoms with van der Waals surface area (Å²) in [6.45, 7) is 3.68. The molecular formula is C57H94O12S. The summed E-state index contributed by atoms with van der Waals surface area (Å²) in [5.41, 5.74) is 0. The number of carbonyl (C=O) groups is 1. The Morgan fingerprint density at radius 3 is 1.37 bits per heavy atom. The van der Waals surface area contributed by atoms with E-state index in [1.54, 1.807) is 0 Å². The van der Waals surface area contributed by atoms with Gasteiger partial charge in [-0.05, 0) is 89.9 Å². The van der Waals surface area contributed by atoms with Crippen molar-refractivity contribution in [1.82, 2.24) is 0 Å². The third-order valence-electron chi connectivity index (χ3n) is 11.4. The van der Waals surface area contributed by atoms with Gasteiger partial charge in [-0.1, -0.05) is 194 Å². The number of esters is 1. The van der Waals surface area contributed by atoms with Crippen LogP contribution in [-0.4, -0.2) is 97.5 Å². The molecule has 0 bridgehead atoms. The lowest BCUT2D eigenvalue weighted by Gasteiger charge is -2.41. The van der Waals surface area contributed by atoms with E-state index in [9.17, 15) is 33.1 Å². The first-order chi connectivity index (χ1) is 34.1. The quantitative estimate of drug-likeness (QED) is 0.0197. The van der Waals surface area contributed by atoms with Crippen LogP contribution >= 0.6 is 0 Å². The van der Waals surface area contributed by atoms with Crippen LogP contribution in [0.5, 0.6) is 0 Å². The van der Waals surface area contributed by atoms with Gasteiger partial charge in [0, 0.05) is 13.0 Å². The van der Waals surface area contributed by atoms with Gasteiger partial charge < -0.3 is 34.3 Å². The van der Waals surface area contributed by atoms with Crippen LogP contribution in [0.4, 0.5) is 0 Å². The number of unbranched alkanes of at least 4 members (excludes halogenated alkanes) is 14. The molecule has 6 unspecified atom stereocenters. The molecule has 1 aliphatic heterocycles. The van der Waals surface area contributed by atoms with E-state index in [-0.39, 0.29) is 19.6 Å². The molecule has 0 aromatic rings. The zero-order valence-corrected chi connectivity index (χ0v) is 43.8. The third-order valence-corrected chi connectivity index (χ3v) is 11.9. The van der Waals surface area contributed by atoms with Gasteiger partial charge >= 0.3 is 16.4 Å². The Morgan fingerprint density at radius 2 is 0.943 bits per heavy atom. The number of carbonyl (C=O) groups excluding carboxylic acids is 1. The van der Waals surface area contributed by atoms with Crippen molar-refractivity contribution in [3.8, 4) is 0 Å². The molecule has 13 heteroatoms. The van der Waals surface area contributed by atoms with Crippen molar-refractivity contribution in [2.75, 3.05) is 26.4 Å². The number of hydrogen-bond acceptors (Lipinski definition) is 11. The number of allylic oxidation sites excluding steroid dienone is 18. The van der Waals surface area contributed by atoms with E-state index < -0.39 is 59.8 Å². The van der Waals surface area contributed by atoms with Crippen molar-refractivity contribution in [3.05, 3.63) is 109 Å². The summed E-state index contributed by atoms with van der Waals surface area (Å²) < 4.78 is 59.2. The molecule has 12 nitrogen and oxygen atoms in total. The summed E-state index contributed by atoms with van der Waals surface area (Å²) in [5.74, 6) is -0.459. The second-order valence-corrected chi connectivity index (χ2v) is 18.7. The Kier molecular flexibility index (Phi) is 43.3. The van der Waals surface area contributed by atoms with Gasteiger partial charge in [-0.3, -0.25) is 9.35 Å². The summed E-state index contributed by atoms with van der Waals surface area (Å²) in [6, 6.07) is 0. The van der Waals surface area contributed by atoms with E-state index in [4.69, 9.17) is 18.9 Å². The van der Waals surface area contributed by atoms with E-state index in [2.05, 4.69) is 121 Å². The maximum atomic E-state index is 12.9. The minimum absolute atomic E-state index is 0.00557. The van der Waals surface area contributed by atoms with E-state index in [0.29, 0.717) is 19.4 Å². The average Bonchev–Trinajstić information content (AvgIpc) is 3.34. The number of hydrogen-bond donors (Lipinski definition) is 4. The highest BCUT2D eigenvalue weighted by molar-refractivity contribution is 7.80. The normalized spacial score (nSPS) is 20.0. The van der Waals surface area contributed by atoms with Gasteiger partial charge in [0.25, 0.3) is 0 Å². The predicted octanol–water partition coefficient (Wildman–Crippen LogP) is 12.7. The van der Waals surface area contributed by atoms with Crippen molar-refractivity contribution < 1.29 is 56.2 Å². The number of aliphatic hydroxyl groups is 3. The Bertz CT molecular complexity index is 1630.